The molecule has 0 atom stereocenters. The number of ether oxygens (including phenoxy) is 1. The van der Waals surface area contributed by atoms with Crippen LogP contribution in [0.1, 0.15) is 19.9 Å². The number of nitrogens with zero attached hydrogens (tertiary/aromatic N) is 7. The zero-order chi connectivity index (χ0) is 26.7. The Morgan fingerprint density at radius 3 is 2.59 bits per heavy atom. The summed E-state index contributed by atoms with van der Waals surface area (Å²) in [7, 11) is 7.27. The Labute approximate surface area is 215 Å². The summed E-state index contributed by atoms with van der Waals surface area (Å²) in [5, 5.41) is 20.6. The van der Waals surface area contributed by atoms with Crippen LogP contribution in [-0.4, -0.2) is 70.9 Å². The van der Waals surface area contributed by atoms with Gasteiger partial charge in [0.1, 0.15) is 11.4 Å². The molecular formula is C26H32N8O3. The van der Waals surface area contributed by atoms with E-state index in [1.165, 1.54) is 13.2 Å². The third-order valence-corrected chi connectivity index (χ3v) is 6.07. The second kappa shape index (κ2) is 10.8. The number of methoxy groups -OCH3 is 1. The van der Waals surface area contributed by atoms with Gasteiger partial charge in [-0.2, -0.15) is 5.10 Å². The first-order chi connectivity index (χ1) is 17.7. The number of fused-ring (bicyclic) bond motifs is 1. The van der Waals surface area contributed by atoms with Gasteiger partial charge in [0, 0.05) is 55.5 Å². The van der Waals surface area contributed by atoms with Crippen LogP contribution in [0.2, 0.25) is 0 Å². The Kier molecular flexibility index (Phi) is 7.53. The number of rotatable bonds is 10. The average Bonchev–Trinajstić information content (AvgIpc) is 3.31. The van der Waals surface area contributed by atoms with Crippen molar-refractivity contribution in [2.75, 3.05) is 51.6 Å². The SMILES string of the molecule is COc1cc(N(C)CCN(C)C)c([N+](=O)[O-])cc1Nc1nccc(-c2ccc3cnn(C(C)C)c3c2)n1. The molecule has 0 spiro atoms. The molecule has 0 radical (unpaired) electrons. The van der Waals surface area contributed by atoms with Crippen molar-refractivity contribution in [3.63, 3.8) is 0 Å². The highest BCUT2D eigenvalue weighted by Gasteiger charge is 2.22. The van der Waals surface area contributed by atoms with Gasteiger partial charge in [-0.3, -0.25) is 14.8 Å². The zero-order valence-corrected chi connectivity index (χ0v) is 22.0. The Bertz CT molecular complexity index is 1420. The predicted octanol–water partition coefficient (Wildman–Crippen LogP) is 4.73. The van der Waals surface area contributed by atoms with Crippen LogP contribution < -0.4 is 15.0 Å². The molecule has 4 rings (SSSR count). The second-order valence-electron chi connectivity index (χ2n) is 9.37. The number of nitro groups is 1. The molecule has 11 nitrogen and oxygen atoms in total. The number of aromatic nitrogens is 4. The highest BCUT2D eigenvalue weighted by molar-refractivity contribution is 5.84. The number of nitro benzene ring substituents is 1. The molecule has 0 saturated heterocycles. The molecule has 2 aromatic carbocycles. The van der Waals surface area contributed by atoms with Crippen molar-refractivity contribution < 1.29 is 9.66 Å². The van der Waals surface area contributed by atoms with Crippen LogP contribution in [0.25, 0.3) is 22.2 Å². The van der Waals surface area contributed by atoms with Gasteiger partial charge in [-0.05, 0) is 40.1 Å². The normalized spacial score (nSPS) is 11.4. The van der Waals surface area contributed by atoms with Gasteiger partial charge >= 0.3 is 0 Å². The molecule has 194 valence electrons. The topological polar surface area (TPSA) is 114 Å². The van der Waals surface area contributed by atoms with Gasteiger partial charge in [0.05, 0.1) is 35.1 Å². The maximum Gasteiger partial charge on any atom is 0.294 e. The summed E-state index contributed by atoms with van der Waals surface area (Å²) < 4.78 is 7.54. The predicted molar refractivity (Wildman–Crippen MR) is 146 cm³/mol. The largest absolute Gasteiger partial charge is 0.494 e. The molecule has 0 fully saturated rings. The van der Waals surface area contributed by atoms with E-state index in [2.05, 4.69) is 40.3 Å². The van der Waals surface area contributed by atoms with Crippen LogP contribution in [0.15, 0.2) is 48.8 Å². The van der Waals surface area contributed by atoms with Crippen molar-refractivity contribution in [3.05, 3.63) is 58.9 Å². The van der Waals surface area contributed by atoms with Crippen molar-refractivity contribution >= 4 is 33.9 Å². The molecule has 4 aromatic rings. The lowest BCUT2D eigenvalue weighted by molar-refractivity contribution is -0.384. The maximum atomic E-state index is 11.9. The molecule has 0 amide bonds. The van der Waals surface area contributed by atoms with Gasteiger partial charge in [-0.15, -0.1) is 0 Å². The number of anilines is 3. The first-order valence-electron chi connectivity index (χ1n) is 12.0. The monoisotopic (exact) mass is 504 g/mol. The lowest BCUT2D eigenvalue weighted by Gasteiger charge is -2.22. The van der Waals surface area contributed by atoms with Gasteiger partial charge in [0.25, 0.3) is 5.69 Å². The van der Waals surface area contributed by atoms with Crippen LogP contribution >= 0.6 is 0 Å². The van der Waals surface area contributed by atoms with Crippen LogP contribution in [0.4, 0.5) is 23.0 Å². The number of hydrogen-bond acceptors (Lipinski definition) is 9. The summed E-state index contributed by atoms with van der Waals surface area (Å²) in [6.45, 7) is 5.54. The smallest absolute Gasteiger partial charge is 0.294 e. The quantitative estimate of drug-likeness (QED) is 0.242. The number of nitrogens with one attached hydrogen (secondary N) is 1. The molecule has 11 heteroatoms. The van der Waals surface area contributed by atoms with Gasteiger partial charge in [0.2, 0.25) is 5.95 Å². The summed E-state index contributed by atoms with van der Waals surface area (Å²) in [5.74, 6) is 0.754. The highest BCUT2D eigenvalue weighted by atomic mass is 16.6. The third kappa shape index (κ3) is 5.61. The third-order valence-electron chi connectivity index (χ3n) is 6.07. The van der Waals surface area contributed by atoms with E-state index in [1.807, 2.05) is 60.0 Å². The molecule has 0 aliphatic heterocycles. The van der Waals surface area contributed by atoms with Crippen LogP contribution in [0.3, 0.4) is 0 Å². The summed E-state index contributed by atoms with van der Waals surface area (Å²) in [6.07, 6.45) is 3.51. The Morgan fingerprint density at radius 2 is 1.92 bits per heavy atom. The molecule has 1 N–H and O–H groups in total. The van der Waals surface area contributed by atoms with E-state index in [-0.39, 0.29) is 11.7 Å². The van der Waals surface area contributed by atoms with Crippen molar-refractivity contribution in [3.8, 4) is 17.0 Å². The maximum absolute atomic E-state index is 11.9. The molecule has 0 aliphatic rings. The summed E-state index contributed by atoms with van der Waals surface area (Å²) in [4.78, 5) is 24.4. The molecule has 0 saturated carbocycles. The Balaban J connectivity index is 1.67. The number of hydrogen-bond donors (Lipinski definition) is 1. The average molecular weight is 505 g/mol. The van der Waals surface area contributed by atoms with Gasteiger partial charge in [0.15, 0.2) is 0 Å². The van der Waals surface area contributed by atoms with E-state index in [0.29, 0.717) is 35.3 Å². The lowest BCUT2D eigenvalue weighted by Crippen LogP contribution is -2.28. The van der Waals surface area contributed by atoms with Crippen molar-refractivity contribution in [1.29, 1.82) is 0 Å². The van der Waals surface area contributed by atoms with Crippen molar-refractivity contribution in [1.82, 2.24) is 24.6 Å². The Hall–Kier alpha value is -4.25. The van der Waals surface area contributed by atoms with Crippen LogP contribution in [0, 0.1) is 10.1 Å². The molecule has 37 heavy (non-hydrogen) atoms. The number of benzene rings is 2. The molecule has 0 unspecified atom stereocenters. The zero-order valence-electron chi connectivity index (χ0n) is 22.0. The molecular weight excluding hydrogens is 472 g/mol. The summed E-state index contributed by atoms with van der Waals surface area (Å²) >= 11 is 0. The summed E-state index contributed by atoms with van der Waals surface area (Å²) in [6, 6.07) is 11.2. The molecule has 0 bridgehead atoms. The fourth-order valence-corrected chi connectivity index (χ4v) is 4.06. The standard InChI is InChI=1S/C26H32N8O3/c1-17(2)33-22-13-18(7-8-19(22)16-28-33)20-9-10-27-26(29-20)30-21-14-24(34(35)36)23(15-25(21)37-6)32(5)12-11-31(3)4/h7-10,13-17H,11-12H2,1-6H3,(H,27,29,30). The van der Waals surface area contributed by atoms with E-state index < -0.39 is 4.92 Å². The fourth-order valence-electron chi connectivity index (χ4n) is 4.06. The van der Waals surface area contributed by atoms with Crippen molar-refractivity contribution in [2.24, 2.45) is 0 Å². The lowest BCUT2D eigenvalue weighted by atomic mass is 10.1. The first kappa shape index (κ1) is 25.8. The van der Waals surface area contributed by atoms with Gasteiger partial charge in [-0.1, -0.05) is 12.1 Å². The Morgan fingerprint density at radius 1 is 1.14 bits per heavy atom. The minimum atomic E-state index is -0.392. The first-order valence-corrected chi connectivity index (χ1v) is 12.0. The highest BCUT2D eigenvalue weighted by Crippen LogP contribution is 2.39. The van der Waals surface area contributed by atoms with Gasteiger partial charge < -0.3 is 19.9 Å². The van der Waals surface area contributed by atoms with E-state index in [1.54, 1.807) is 12.3 Å². The molecule has 2 heterocycles. The van der Waals surface area contributed by atoms with E-state index >= 15 is 0 Å². The number of likely N-dealkylation sites (N-methyl/N-ethyl adjacent to an activating group) is 2. The van der Waals surface area contributed by atoms with Crippen LogP contribution in [-0.2, 0) is 0 Å². The second-order valence-corrected chi connectivity index (χ2v) is 9.37. The van der Waals surface area contributed by atoms with Crippen LogP contribution in [0.5, 0.6) is 5.75 Å². The van der Waals surface area contributed by atoms with E-state index in [9.17, 15) is 10.1 Å². The van der Waals surface area contributed by atoms with E-state index in [0.717, 1.165) is 23.0 Å². The minimum Gasteiger partial charge on any atom is -0.494 e. The van der Waals surface area contributed by atoms with Gasteiger partial charge in [-0.25, -0.2) is 9.97 Å². The molecule has 2 aromatic heterocycles. The molecule has 0 aliphatic carbocycles. The van der Waals surface area contributed by atoms with E-state index in [4.69, 9.17) is 4.74 Å². The minimum absolute atomic E-state index is 0.0342. The summed E-state index contributed by atoms with van der Waals surface area (Å²) in [5.41, 5.74) is 3.49. The van der Waals surface area contributed by atoms with Crippen molar-refractivity contribution in [2.45, 2.75) is 19.9 Å². The fraction of sp³-hybridized carbons (Fsp3) is 0.346.